The Morgan fingerprint density at radius 3 is 2.62 bits per heavy atom. The number of hydrogen-bond donors (Lipinski definition) is 2. The maximum atomic E-state index is 14.0. The zero-order valence-electron chi connectivity index (χ0n) is 13.7. The minimum Gasteiger partial charge on any atom is -0.396 e. The second kappa shape index (κ2) is 7.05. The lowest BCUT2D eigenvalue weighted by Gasteiger charge is -2.36. The van der Waals surface area contributed by atoms with Crippen molar-refractivity contribution in [2.45, 2.75) is 50.0 Å². The van der Waals surface area contributed by atoms with E-state index in [-0.39, 0.29) is 30.8 Å². The molecule has 132 valence electrons. The van der Waals surface area contributed by atoms with Crippen LogP contribution >= 0.6 is 0 Å². The summed E-state index contributed by atoms with van der Waals surface area (Å²) in [4.78, 5) is 14.3. The molecule has 2 fully saturated rings. The Morgan fingerprint density at radius 2 is 2.00 bits per heavy atom. The molecule has 4 nitrogen and oxygen atoms in total. The highest BCUT2D eigenvalue weighted by atomic mass is 19.1. The molecule has 2 aliphatic rings. The third-order valence-corrected chi connectivity index (χ3v) is 5.27. The van der Waals surface area contributed by atoms with Crippen LogP contribution in [0.2, 0.25) is 0 Å². The molecule has 1 atom stereocenters. The number of aliphatic hydroxyl groups is 1. The van der Waals surface area contributed by atoms with E-state index < -0.39 is 17.0 Å². The lowest BCUT2D eigenvalue weighted by molar-refractivity contribution is 0.131. The monoisotopic (exact) mass is 338 g/mol. The van der Waals surface area contributed by atoms with E-state index in [1.165, 1.54) is 18.2 Å². The minimum atomic E-state index is -0.618. The van der Waals surface area contributed by atoms with E-state index in [1.807, 2.05) is 0 Å². The van der Waals surface area contributed by atoms with Gasteiger partial charge in [0.25, 0.3) is 0 Å². The number of benzene rings is 1. The van der Waals surface area contributed by atoms with Gasteiger partial charge in [-0.15, -0.1) is 0 Å². The van der Waals surface area contributed by atoms with Crippen molar-refractivity contribution in [3.63, 3.8) is 0 Å². The number of nitrogens with one attached hydrogen (secondary N) is 1. The Bertz CT molecular complexity index is 582. The van der Waals surface area contributed by atoms with Crippen LogP contribution < -0.4 is 5.32 Å². The molecular formula is C18H24F2N2O2. The van der Waals surface area contributed by atoms with Crippen molar-refractivity contribution in [1.82, 2.24) is 10.2 Å². The molecule has 1 saturated heterocycles. The number of halogens is 2. The first-order valence-electron chi connectivity index (χ1n) is 8.67. The Labute approximate surface area is 140 Å². The van der Waals surface area contributed by atoms with E-state index in [0.29, 0.717) is 25.8 Å². The van der Waals surface area contributed by atoms with E-state index in [9.17, 15) is 13.6 Å². The SMILES string of the molecule is O=C(NCC1(c2c(F)cccc2F)CC1)N1CCCCC1CCO. The first kappa shape index (κ1) is 17.1. The van der Waals surface area contributed by atoms with Crippen molar-refractivity contribution in [3.05, 3.63) is 35.4 Å². The maximum Gasteiger partial charge on any atom is 0.317 e. The summed E-state index contributed by atoms with van der Waals surface area (Å²) in [7, 11) is 0. The predicted octanol–water partition coefficient (Wildman–Crippen LogP) is 2.94. The van der Waals surface area contributed by atoms with Gasteiger partial charge < -0.3 is 15.3 Å². The van der Waals surface area contributed by atoms with Gasteiger partial charge in [-0.05, 0) is 50.7 Å². The lowest BCUT2D eigenvalue weighted by Crippen LogP contribution is -2.50. The number of carbonyl (C=O) groups excluding carboxylic acids is 1. The molecular weight excluding hydrogens is 314 g/mol. The van der Waals surface area contributed by atoms with Crippen molar-refractivity contribution >= 4 is 6.03 Å². The van der Waals surface area contributed by atoms with Crippen LogP contribution in [0.5, 0.6) is 0 Å². The normalized spacial score (nSPS) is 22.3. The van der Waals surface area contributed by atoms with Gasteiger partial charge in [-0.1, -0.05) is 6.07 Å². The van der Waals surface area contributed by atoms with Gasteiger partial charge >= 0.3 is 6.03 Å². The third kappa shape index (κ3) is 3.38. The number of urea groups is 1. The Balaban J connectivity index is 1.65. The van der Waals surface area contributed by atoms with Gasteiger partial charge in [0.1, 0.15) is 11.6 Å². The van der Waals surface area contributed by atoms with Gasteiger partial charge in [-0.25, -0.2) is 13.6 Å². The fraction of sp³-hybridized carbons (Fsp3) is 0.611. The van der Waals surface area contributed by atoms with Crippen molar-refractivity contribution < 1.29 is 18.7 Å². The topological polar surface area (TPSA) is 52.6 Å². The van der Waals surface area contributed by atoms with Crippen LogP contribution in [0.1, 0.15) is 44.1 Å². The minimum absolute atomic E-state index is 0.0455. The molecule has 6 heteroatoms. The number of aliphatic hydroxyl groups excluding tert-OH is 1. The van der Waals surface area contributed by atoms with Crippen LogP contribution in [0.3, 0.4) is 0 Å². The second-order valence-electron chi connectivity index (χ2n) is 6.89. The Kier molecular flexibility index (Phi) is 5.04. The van der Waals surface area contributed by atoms with Gasteiger partial charge in [0.05, 0.1) is 0 Å². The summed E-state index contributed by atoms with van der Waals surface area (Å²) in [6.45, 7) is 0.961. The number of carbonyl (C=O) groups is 1. The number of nitrogens with zero attached hydrogens (tertiary/aromatic N) is 1. The number of amides is 2. The highest BCUT2D eigenvalue weighted by molar-refractivity contribution is 5.75. The molecule has 1 aromatic carbocycles. The standard InChI is InChI=1S/C18H24F2N2O2/c19-14-5-3-6-15(20)16(14)18(8-9-18)12-21-17(24)22-10-2-1-4-13(22)7-11-23/h3,5-6,13,23H,1-2,4,7-12H2,(H,21,24). The third-order valence-electron chi connectivity index (χ3n) is 5.27. The molecule has 1 aliphatic carbocycles. The van der Waals surface area contributed by atoms with Crippen molar-refractivity contribution in [2.75, 3.05) is 19.7 Å². The van der Waals surface area contributed by atoms with Crippen LogP contribution in [-0.4, -0.2) is 41.8 Å². The van der Waals surface area contributed by atoms with Gasteiger partial charge in [-0.3, -0.25) is 0 Å². The highest BCUT2D eigenvalue weighted by Gasteiger charge is 2.48. The van der Waals surface area contributed by atoms with Crippen molar-refractivity contribution in [3.8, 4) is 0 Å². The smallest absolute Gasteiger partial charge is 0.317 e. The largest absolute Gasteiger partial charge is 0.396 e. The van der Waals surface area contributed by atoms with E-state index >= 15 is 0 Å². The van der Waals surface area contributed by atoms with Gasteiger partial charge in [0.15, 0.2) is 0 Å². The van der Waals surface area contributed by atoms with Crippen LogP contribution in [0.25, 0.3) is 0 Å². The Morgan fingerprint density at radius 1 is 1.29 bits per heavy atom. The van der Waals surface area contributed by atoms with Gasteiger partial charge in [-0.2, -0.15) is 0 Å². The van der Waals surface area contributed by atoms with E-state index in [4.69, 9.17) is 5.11 Å². The molecule has 0 aromatic heterocycles. The summed E-state index contributed by atoms with van der Waals surface area (Å²) in [6.07, 6.45) is 4.80. The molecule has 1 unspecified atom stereocenters. The molecule has 1 aliphatic heterocycles. The van der Waals surface area contributed by atoms with E-state index in [0.717, 1.165) is 19.3 Å². The van der Waals surface area contributed by atoms with Crippen LogP contribution in [-0.2, 0) is 5.41 Å². The summed E-state index contributed by atoms with van der Waals surface area (Å²) in [5.41, 5.74) is -0.524. The average molecular weight is 338 g/mol. The number of hydrogen-bond acceptors (Lipinski definition) is 2. The molecule has 2 N–H and O–H groups in total. The van der Waals surface area contributed by atoms with E-state index in [2.05, 4.69) is 5.32 Å². The summed E-state index contributed by atoms with van der Waals surface area (Å²) >= 11 is 0. The molecule has 0 spiro atoms. The Hall–Kier alpha value is -1.69. The number of likely N-dealkylation sites (tertiary alicyclic amines) is 1. The molecule has 1 aromatic rings. The second-order valence-corrected chi connectivity index (χ2v) is 6.89. The van der Waals surface area contributed by atoms with Gasteiger partial charge in [0, 0.05) is 36.7 Å². The predicted molar refractivity (Wildman–Crippen MR) is 86.7 cm³/mol. The fourth-order valence-corrected chi connectivity index (χ4v) is 3.73. The average Bonchev–Trinajstić information content (AvgIpc) is 3.34. The first-order valence-corrected chi connectivity index (χ1v) is 8.67. The van der Waals surface area contributed by atoms with Crippen LogP contribution in [0.15, 0.2) is 18.2 Å². The zero-order chi connectivity index (χ0) is 17.2. The van der Waals surface area contributed by atoms with Gasteiger partial charge in [0.2, 0.25) is 0 Å². The van der Waals surface area contributed by atoms with E-state index in [1.54, 1.807) is 4.90 Å². The molecule has 1 heterocycles. The van der Waals surface area contributed by atoms with Crippen molar-refractivity contribution in [1.29, 1.82) is 0 Å². The summed E-state index contributed by atoms with van der Waals surface area (Å²) in [6, 6.07) is 3.74. The summed E-state index contributed by atoms with van der Waals surface area (Å²) in [5, 5.41) is 12.0. The molecule has 1 saturated carbocycles. The van der Waals surface area contributed by atoms with Crippen molar-refractivity contribution in [2.24, 2.45) is 0 Å². The van der Waals surface area contributed by atoms with Crippen LogP contribution in [0.4, 0.5) is 13.6 Å². The number of rotatable bonds is 5. The fourth-order valence-electron chi connectivity index (χ4n) is 3.73. The van der Waals surface area contributed by atoms with Crippen LogP contribution in [0, 0.1) is 11.6 Å². The summed E-state index contributed by atoms with van der Waals surface area (Å²) in [5.74, 6) is -1.09. The molecule has 24 heavy (non-hydrogen) atoms. The zero-order valence-corrected chi connectivity index (χ0v) is 13.7. The molecule has 3 rings (SSSR count). The number of piperidine rings is 1. The highest BCUT2D eigenvalue weighted by Crippen LogP contribution is 2.49. The molecule has 0 radical (unpaired) electrons. The molecule has 0 bridgehead atoms. The lowest BCUT2D eigenvalue weighted by atomic mass is 9.94. The summed E-state index contributed by atoms with van der Waals surface area (Å²) < 4.78 is 28.1. The quantitative estimate of drug-likeness (QED) is 0.867. The maximum absolute atomic E-state index is 14.0. The molecule has 2 amide bonds. The first-order chi connectivity index (χ1) is 11.6.